The van der Waals surface area contributed by atoms with Gasteiger partial charge >= 0.3 is 0 Å². The minimum atomic E-state index is -0.0444. The van der Waals surface area contributed by atoms with Crippen molar-refractivity contribution in [1.82, 2.24) is 9.80 Å². The molecule has 126 valence electrons. The average molecular weight is 391 g/mol. The molecule has 2 unspecified atom stereocenters. The summed E-state index contributed by atoms with van der Waals surface area (Å²) in [6, 6.07) is 7.67. The molecule has 2 bridgehead atoms. The number of piperidine rings is 1. The molecule has 24 heavy (non-hydrogen) atoms. The molecule has 0 aromatic heterocycles. The highest BCUT2D eigenvalue weighted by Gasteiger charge is 2.47. The zero-order chi connectivity index (χ0) is 16.8. The maximum atomic E-state index is 12.9. The van der Waals surface area contributed by atoms with E-state index in [1.54, 1.807) is 0 Å². The molecule has 4 rings (SSSR count). The maximum Gasteiger partial charge on any atom is 0.254 e. The van der Waals surface area contributed by atoms with Gasteiger partial charge in [-0.15, -0.1) is 0 Å². The summed E-state index contributed by atoms with van der Waals surface area (Å²) in [4.78, 5) is 40.4. The van der Waals surface area contributed by atoms with E-state index in [9.17, 15) is 14.4 Å². The van der Waals surface area contributed by atoms with Gasteiger partial charge in [-0.2, -0.15) is 0 Å². The predicted molar refractivity (Wildman–Crippen MR) is 91.2 cm³/mol. The van der Waals surface area contributed by atoms with Crippen molar-refractivity contribution in [3.8, 4) is 0 Å². The van der Waals surface area contributed by atoms with Gasteiger partial charge in [0.2, 0.25) is 11.8 Å². The predicted octanol–water partition coefficient (Wildman–Crippen LogP) is 2.73. The summed E-state index contributed by atoms with van der Waals surface area (Å²) >= 11 is 3.39. The smallest absolute Gasteiger partial charge is 0.254 e. The summed E-state index contributed by atoms with van der Waals surface area (Å²) in [5, 5.41) is 0. The van der Waals surface area contributed by atoms with Gasteiger partial charge in [-0.1, -0.05) is 15.9 Å². The van der Waals surface area contributed by atoms with Crippen molar-refractivity contribution in [3.05, 3.63) is 34.3 Å². The molecule has 3 fully saturated rings. The zero-order valence-corrected chi connectivity index (χ0v) is 14.9. The van der Waals surface area contributed by atoms with E-state index in [-0.39, 0.29) is 35.8 Å². The number of nitrogens with zero attached hydrogens (tertiary/aromatic N) is 2. The topological polar surface area (TPSA) is 57.7 Å². The van der Waals surface area contributed by atoms with Crippen LogP contribution in [0.5, 0.6) is 0 Å². The van der Waals surface area contributed by atoms with E-state index < -0.39 is 0 Å². The molecule has 3 saturated heterocycles. The lowest BCUT2D eigenvalue weighted by Crippen LogP contribution is -2.53. The van der Waals surface area contributed by atoms with Crippen LogP contribution in [0.4, 0.5) is 0 Å². The first-order chi connectivity index (χ1) is 11.5. The van der Waals surface area contributed by atoms with Crippen molar-refractivity contribution in [2.45, 2.75) is 56.7 Å². The highest BCUT2D eigenvalue weighted by molar-refractivity contribution is 9.10. The van der Waals surface area contributed by atoms with Crippen molar-refractivity contribution in [1.29, 1.82) is 0 Å². The second-order valence-corrected chi connectivity index (χ2v) is 7.80. The number of halogens is 1. The number of benzene rings is 1. The van der Waals surface area contributed by atoms with Gasteiger partial charge in [0, 0.05) is 41.0 Å². The first-order valence-electron chi connectivity index (χ1n) is 8.47. The number of fused-ring (bicyclic) bond motifs is 2. The Morgan fingerprint density at radius 2 is 1.46 bits per heavy atom. The summed E-state index contributed by atoms with van der Waals surface area (Å²) in [7, 11) is 0. The Morgan fingerprint density at radius 3 is 2.00 bits per heavy atom. The Balaban J connectivity index is 1.53. The maximum absolute atomic E-state index is 12.9. The Kier molecular flexibility index (Phi) is 3.95. The third-order valence-electron chi connectivity index (χ3n) is 5.49. The van der Waals surface area contributed by atoms with Crippen LogP contribution in [0.2, 0.25) is 0 Å². The molecule has 3 aliphatic heterocycles. The summed E-state index contributed by atoms with van der Waals surface area (Å²) in [6.07, 6.45) is 4.03. The third-order valence-corrected chi connectivity index (χ3v) is 6.02. The normalized spacial score (nSPS) is 29.5. The van der Waals surface area contributed by atoms with Crippen LogP contribution >= 0.6 is 15.9 Å². The standard InChI is InChI=1S/C18H19BrN2O3/c19-12-3-1-11(2-4-12)18(24)20-13-5-6-14(20)10-15(9-13)21-16(22)7-8-17(21)23/h1-4,13-15H,5-10H2. The van der Waals surface area contributed by atoms with Crippen LogP contribution in [0, 0.1) is 0 Å². The number of imide groups is 1. The second-order valence-electron chi connectivity index (χ2n) is 6.89. The molecule has 1 aromatic rings. The Labute approximate surface area is 149 Å². The lowest BCUT2D eigenvalue weighted by Gasteiger charge is -2.41. The van der Waals surface area contributed by atoms with Crippen LogP contribution in [0.1, 0.15) is 48.9 Å². The van der Waals surface area contributed by atoms with Gasteiger partial charge in [-0.05, 0) is 49.9 Å². The van der Waals surface area contributed by atoms with Crippen LogP contribution in [-0.2, 0) is 9.59 Å². The van der Waals surface area contributed by atoms with Crippen molar-refractivity contribution in [2.75, 3.05) is 0 Å². The van der Waals surface area contributed by atoms with Gasteiger partial charge in [0.1, 0.15) is 0 Å². The van der Waals surface area contributed by atoms with Crippen LogP contribution in [0.15, 0.2) is 28.7 Å². The van der Waals surface area contributed by atoms with Gasteiger partial charge in [-0.3, -0.25) is 19.3 Å². The molecule has 6 heteroatoms. The number of carbonyl (C=O) groups is 3. The van der Waals surface area contributed by atoms with Crippen molar-refractivity contribution >= 4 is 33.7 Å². The SMILES string of the molecule is O=C1CCC(=O)N1C1CC2CCC(C1)N2C(=O)c1ccc(Br)cc1. The molecule has 0 saturated carbocycles. The van der Waals surface area contributed by atoms with E-state index in [0.717, 1.165) is 30.2 Å². The molecule has 1 aromatic carbocycles. The van der Waals surface area contributed by atoms with Crippen molar-refractivity contribution in [2.24, 2.45) is 0 Å². The molecule has 5 nitrogen and oxygen atoms in total. The number of rotatable bonds is 2. The molecule has 3 heterocycles. The van der Waals surface area contributed by atoms with E-state index in [2.05, 4.69) is 15.9 Å². The van der Waals surface area contributed by atoms with Crippen LogP contribution in [0.3, 0.4) is 0 Å². The highest BCUT2D eigenvalue weighted by atomic mass is 79.9. The zero-order valence-electron chi connectivity index (χ0n) is 13.3. The first-order valence-corrected chi connectivity index (χ1v) is 9.27. The van der Waals surface area contributed by atoms with Crippen LogP contribution < -0.4 is 0 Å². The number of hydrogen-bond acceptors (Lipinski definition) is 3. The largest absolute Gasteiger partial charge is 0.333 e. The van der Waals surface area contributed by atoms with E-state index in [1.165, 1.54) is 4.90 Å². The Hall–Kier alpha value is -1.69. The fraction of sp³-hybridized carbons (Fsp3) is 0.500. The lowest BCUT2D eigenvalue weighted by molar-refractivity contribution is -0.142. The quantitative estimate of drug-likeness (QED) is 0.729. The first kappa shape index (κ1) is 15.8. The van der Waals surface area contributed by atoms with Gasteiger partial charge in [0.15, 0.2) is 0 Å². The summed E-state index contributed by atoms with van der Waals surface area (Å²) in [6.45, 7) is 0. The van der Waals surface area contributed by atoms with Gasteiger partial charge in [0.25, 0.3) is 5.91 Å². The summed E-state index contributed by atoms with van der Waals surface area (Å²) in [5.41, 5.74) is 0.696. The number of likely N-dealkylation sites (tertiary alicyclic amines) is 1. The minimum absolute atomic E-state index is 0.0287. The molecule has 0 radical (unpaired) electrons. The van der Waals surface area contributed by atoms with E-state index in [4.69, 9.17) is 0 Å². The Bertz CT molecular complexity index is 673. The molecule has 0 spiro atoms. The van der Waals surface area contributed by atoms with Crippen molar-refractivity contribution in [3.63, 3.8) is 0 Å². The van der Waals surface area contributed by atoms with Gasteiger partial charge in [-0.25, -0.2) is 0 Å². The van der Waals surface area contributed by atoms with Crippen molar-refractivity contribution < 1.29 is 14.4 Å². The fourth-order valence-electron chi connectivity index (χ4n) is 4.43. The molecule has 2 atom stereocenters. The fourth-order valence-corrected chi connectivity index (χ4v) is 4.70. The van der Waals surface area contributed by atoms with E-state index >= 15 is 0 Å². The summed E-state index contributed by atoms with van der Waals surface area (Å²) in [5.74, 6) is -0.0262. The number of amides is 3. The van der Waals surface area contributed by atoms with Crippen LogP contribution in [-0.4, -0.2) is 45.6 Å². The molecule has 3 amide bonds. The lowest BCUT2D eigenvalue weighted by atomic mass is 9.95. The molecular weight excluding hydrogens is 372 g/mol. The molecule has 3 aliphatic rings. The summed E-state index contributed by atoms with van der Waals surface area (Å²) < 4.78 is 0.951. The van der Waals surface area contributed by atoms with E-state index in [1.807, 2.05) is 29.2 Å². The minimum Gasteiger partial charge on any atom is -0.333 e. The molecule has 0 N–H and O–H groups in total. The van der Waals surface area contributed by atoms with Crippen LogP contribution in [0.25, 0.3) is 0 Å². The van der Waals surface area contributed by atoms with Gasteiger partial charge < -0.3 is 4.90 Å². The highest BCUT2D eigenvalue weighted by Crippen LogP contribution is 2.39. The monoisotopic (exact) mass is 390 g/mol. The van der Waals surface area contributed by atoms with E-state index in [0.29, 0.717) is 18.4 Å². The second kappa shape index (κ2) is 5.99. The third kappa shape index (κ3) is 2.57. The molecule has 0 aliphatic carbocycles. The number of hydrogen-bond donors (Lipinski definition) is 0. The Morgan fingerprint density at radius 1 is 0.917 bits per heavy atom. The van der Waals surface area contributed by atoms with Gasteiger partial charge in [0.05, 0.1) is 0 Å². The molecular formula is C18H19BrN2O3. The number of carbonyl (C=O) groups excluding carboxylic acids is 3. The average Bonchev–Trinajstić information content (AvgIpc) is 3.03.